The largest absolute Gasteiger partial charge is 0.334 e. The maximum atomic E-state index is 12.3. The van der Waals surface area contributed by atoms with Gasteiger partial charge < -0.3 is 10.2 Å². The van der Waals surface area contributed by atoms with Gasteiger partial charge in [-0.05, 0) is 43.4 Å². The topological polar surface area (TPSA) is 86.8 Å². The van der Waals surface area contributed by atoms with Gasteiger partial charge in [-0.3, -0.25) is 4.79 Å². The first-order chi connectivity index (χ1) is 8.83. The minimum atomic E-state index is -0.107. The molecule has 1 atom stereocenters. The third-order valence-corrected chi connectivity index (χ3v) is 3.60. The standard InChI is InChI=1S/C11H18N6O/c18-11(10-13-15-16-14-10)17(6-8-3-4-8)7-9-2-1-5-12-9/h8-9,12H,1-7H2,(H,13,14,15,16). The van der Waals surface area contributed by atoms with Crippen LogP contribution in [0.25, 0.3) is 0 Å². The number of tetrazole rings is 1. The molecule has 1 saturated carbocycles. The van der Waals surface area contributed by atoms with E-state index in [1.54, 1.807) is 0 Å². The van der Waals surface area contributed by atoms with E-state index in [9.17, 15) is 4.79 Å². The van der Waals surface area contributed by atoms with Crippen LogP contribution in [0.5, 0.6) is 0 Å². The Bertz CT molecular complexity index is 396. The Kier molecular flexibility index (Phi) is 3.22. The maximum Gasteiger partial charge on any atom is 0.295 e. The smallest absolute Gasteiger partial charge is 0.295 e. The number of H-pyrrole nitrogens is 1. The van der Waals surface area contributed by atoms with Crippen LogP contribution in [0.1, 0.15) is 36.3 Å². The summed E-state index contributed by atoms with van der Waals surface area (Å²) in [7, 11) is 0. The number of hydrogen-bond donors (Lipinski definition) is 2. The van der Waals surface area contributed by atoms with Crippen molar-refractivity contribution in [1.82, 2.24) is 30.8 Å². The minimum absolute atomic E-state index is 0.107. The Morgan fingerprint density at radius 3 is 2.83 bits per heavy atom. The fourth-order valence-corrected chi connectivity index (χ4v) is 2.42. The van der Waals surface area contributed by atoms with Crippen LogP contribution in [0.2, 0.25) is 0 Å². The quantitative estimate of drug-likeness (QED) is 0.756. The van der Waals surface area contributed by atoms with Crippen molar-refractivity contribution >= 4 is 5.91 Å². The maximum absolute atomic E-state index is 12.3. The molecular weight excluding hydrogens is 232 g/mol. The number of rotatable bonds is 5. The minimum Gasteiger partial charge on any atom is -0.334 e. The Morgan fingerprint density at radius 1 is 1.33 bits per heavy atom. The highest BCUT2D eigenvalue weighted by Crippen LogP contribution is 2.30. The van der Waals surface area contributed by atoms with Gasteiger partial charge in [0.05, 0.1) is 0 Å². The van der Waals surface area contributed by atoms with Gasteiger partial charge in [0.1, 0.15) is 0 Å². The molecule has 1 aliphatic heterocycles. The molecule has 1 aliphatic carbocycles. The highest BCUT2D eigenvalue weighted by atomic mass is 16.2. The van der Waals surface area contributed by atoms with Crippen LogP contribution in [0.4, 0.5) is 0 Å². The molecule has 0 spiro atoms. The lowest BCUT2D eigenvalue weighted by Crippen LogP contribution is -2.42. The summed E-state index contributed by atoms with van der Waals surface area (Å²) in [4.78, 5) is 14.2. The van der Waals surface area contributed by atoms with Crippen molar-refractivity contribution in [3.05, 3.63) is 5.82 Å². The fraction of sp³-hybridized carbons (Fsp3) is 0.818. The van der Waals surface area contributed by atoms with Crippen LogP contribution in [-0.2, 0) is 0 Å². The molecule has 2 fully saturated rings. The zero-order chi connectivity index (χ0) is 12.4. The first kappa shape index (κ1) is 11.6. The average molecular weight is 250 g/mol. The molecule has 2 N–H and O–H groups in total. The van der Waals surface area contributed by atoms with Gasteiger partial charge in [0.15, 0.2) is 0 Å². The Hall–Kier alpha value is -1.50. The van der Waals surface area contributed by atoms with Gasteiger partial charge in [-0.15, -0.1) is 10.2 Å². The Morgan fingerprint density at radius 2 is 2.22 bits per heavy atom. The van der Waals surface area contributed by atoms with E-state index in [1.165, 1.54) is 19.3 Å². The molecule has 2 heterocycles. The summed E-state index contributed by atoms with van der Waals surface area (Å²) in [6.45, 7) is 2.63. The molecule has 3 rings (SSSR count). The third kappa shape index (κ3) is 2.66. The predicted octanol–water partition coefficient (Wildman–Crippen LogP) is -0.196. The summed E-state index contributed by atoms with van der Waals surface area (Å²) in [5.41, 5.74) is 0. The number of aromatic amines is 1. The van der Waals surface area contributed by atoms with Gasteiger partial charge in [0, 0.05) is 19.1 Å². The zero-order valence-corrected chi connectivity index (χ0v) is 10.3. The first-order valence-electron chi connectivity index (χ1n) is 6.59. The molecule has 1 saturated heterocycles. The molecule has 0 aromatic carbocycles. The number of hydrogen-bond acceptors (Lipinski definition) is 5. The average Bonchev–Trinajstić information content (AvgIpc) is 2.88. The van der Waals surface area contributed by atoms with Gasteiger partial charge in [-0.1, -0.05) is 0 Å². The van der Waals surface area contributed by atoms with Crippen LogP contribution >= 0.6 is 0 Å². The number of nitrogens with one attached hydrogen (secondary N) is 2. The lowest BCUT2D eigenvalue weighted by Gasteiger charge is -2.24. The van der Waals surface area contributed by atoms with Crippen LogP contribution in [-0.4, -0.2) is 57.1 Å². The molecule has 7 heteroatoms. The number of carbonyl (C=O) groups is 1. The SMILES string of the molecule is O=C(c1nn[nH]n1)N(CC1CC1)CC1CCCN1. The third-order valence-electron chi connectivity index (χ3n) is 3.60. The number of amides is 1. The van der Waals surface area contributed by atoms with E-state index in [4.69, 9.17) is 0 Å². The molecule has 1 aromatic heterocycles. The molecule has 1 aromatic rings. The van der Waals surface area contributed by atoms with Crippen molar-refractivity contribution < 1.29 is 4.79 Å². The van der Waals surface area contributed by atoms with Crippen LogP contribution in [0, 0.1) is 5.92 Å². The van der Waals surface area contributed by atoms with Crippen LogP contribution in [0.15, 0.2) is 0 Å². The zero-order valence-electron chi connectivity index (χ0n) is 10.3. The predicted molar refractivity (Wildman–Crippen MR) is 63.8 cm³/mol. The van der Waals surface area contributed by atoms with E-state index in [0.29, 0.717) is 12.0 Å². The Balaban J connectivity index is 1.65. The van der Waals surface area contributed by atoms with Gasteiger partial charge >= 0.3 is 0 Å². The number of aromatic nitrogens is 4. The van der Waals surface area contributed by atoms with Gasteiger partial charge in [0.2, 0.25) is 0 Å². The normalized spacial score (nSPS) is 23.2. The lowest BCUT2D eigenvalue weighted by molar-refractivity contribution is 0.0721. The summed E-state index contributed by atoms with van der Waals surface area (Å²) < 4.78 is 0. The second kappa shape index (κ2) is 5.01. The summed E-state index contributed by atoms with van der Waals surface area (Å²) in [5, 5.41) is 16.8. The second-order valence-electron chi connectivity index (χ2n) is 5.18. The van der Waals surface area contributed by atoms with E-state index in [0.717, 1.165) is 26.1 Å². The van der Waals surface area contributed by atoms with E-state index in [2.05, 4.69) is 25.9 Å². The summed E-state index contributed by atoms with van der Waals surface area (Å²) in [6.07, 6.45) is 4.79. The molecule has 2 aliphatic rings. The second-order valence-corrected chi connectivity index (χ2v) is 5.18. The summed E-state index contributed by atoms with van der Waals surface area (Å²) in [5.74, 6) is 0.736. The molecule has 18 heavy (non-hydrogen) atoms. The van der Waals surface area contributed by atoms with Crippen molar-refractivity contribution in [3.8, 4) is 0 Å². The van der Waals surface area contributed by atoms with Gasteiger partial charge in [0.25, 0.3) is 11.7 Å². The van der Waals surface area contributed by atoms with Crippen molar-refractivity contribution in [2.45, 2.75) is 31.7 Å². The summed E-state index contributed by atoms with van der Waals surface area (Å²) in [6, 6.07) is 0.416. The number of carbonyl (C=O) groups excluding carboxylic acids is 1. The van der Waals surface area contributed by atoms with Crippen molar-refractivity contribution in [2.75, 3.05) is 19.6 Å². The fourth-order valence-electron chi connectivity index (χ4n) is 2.42. The van der Waals surface area contributed by atoms with E-state index >= 15 is 0 Å². The van der Waals surface area contributed by atoms with E-state index in [-0.39, 0.29) is 11.7 Å². The lowest BCUT2D eigenvalue weighted by atomic mass is 10.2. The molecule has 98 valence electrons. The molecule has 1 amide bonds. The Labute approximate surface area is 105 Å². The number of nitrogens with zero attached hydrogens (tertiary/aromatic N) is 4. The highest BCUT2D eigenvalue weighted by molar-refractivity contribution is 5.90. The van der Waals surface area contributed by atoms with Gasteiger partial charge in [-0.25, -0.2) is 0 Å². The molecular formula is C11H18N6O. The van der Waals surface area contributed by atoms with Gasteiger partial charge in [-0.2, -0.15) is 5.21 Å². The van der Waals surface area contributed by atoms with Crippen molar-refractivity contribution in [2.24, 2.45) is 5.92 Å². The first-order valence-corrected chi connectivity index (χ1v) is 6.59. The van der Waals surface area contributed by atoms with E-state index in [1.807, 2.05) is 4.90 Å². The highest BCUT2D eigenvalue weighted by Gasteiger charge is 2.30. The molecule has 0 radical (unpaired) electrons. The molecule has 1 unspecified atom stereocenters. The van der Waals surface area contributed by atoms with Crippen LogP contribution < -0.4 is 5.32 Å². The van der Waals surface area contributed by atoms with E-state index < -0.39 is 0 Å². The van der Waals surface area contributed by atoms with Crippen molar-refractivity contribution in [3.63, 3.8) is 0 Å². The molecule has 0 bridgehead atoms. The monoisotopic (exact) mass is 250 g/mol. The van der Waals surface area contributed by atoms with Crippen LogP contribution in [0.3, 0.4) is 0 Å². The van der Waals surface area contributed by atoms with Crippen molar-refractivity contribution in [1.29, 1.82) is 0 Å². The molecule has 7 nitrogen and oxygen atoms in total. The summed E-state index contributed by atoms with van der Waals surface area (Å²) >= 11 is 0.